The maximum atomic E-state index is 12.3. The summed E-state index contributed by atoms with van der Waals surface area (Å²) in [6.07, 6.45) is 4.93. The zero-order valence-electron chi connectivity index (χ0n) is 20.8. The van der Waals surface area contributed by atoms with Crippen LogP contribution in [0.25, 0.3) is 0 Å². The molecule has 2 heterocycles. The Morgan fingerprint density at radius 2 is 2.03 bits per heavy atom. The Morgan fingerprint density at radius 1 is 1.29 bits per heavy atom. The van der Waals surface area contributed by atoms with Crippen LogP contribution in [0.4, 0.5) is 0 Å². The summed E-state index contributed by atoms with van der Waals surface area (Å²) in [4.78, 5) is 26.6. The highest BCUT2D eigenvalue weighted by Gasteiger charge is 2.31. The highest BCUT2D eigenvalue weighted by molar-refractivity contribution is 5.98. The fraction of sp³-hybridized carbons (Fsp3) is 0.615. The lowest BCUT2D eigenvalue weighted by Gasteiger charge is -2.26. The Kier molecular flexibility index (Phi) is 9.36. The average molecular weight is 476 g/mol. The van der Waals surface area contributed by atoms with Crippen LogP contribution in [0.3, 0.4) is 0 Å². The molecule has 0 saturated carbocycles. The minimum atomic E-state index is -0.494. The number of cyclic esters (lactones) is 1. The lowest BCUT2D eigenvalue weighted by Crippen LogP contribution is -2.38. The van der Waals surface area contributed by atoms with Crippen molar-refractivity contribution in [2.75, 3.05) is 46.6 Å². The van der Waals surface area contributed by atoms with E-state index < -0.39 is 5.97 Å². The number of hydrogen-bond donors (Lipinski definition) is 1. The number of rotatable bonds is 11. The van der Waals surface area contributed by atoms with E-state index >= 15 is 0 Å². The number of carbonyl (C=O) groups is 2. The number of methoxy groups -OCH3 is 1. The van der Waals surface area contributed by atoms with Crippen LogP contribution in [0, 0.1) is 12.8 Å². The van der Waals surface area contributed by atoms with Crippen molar-refractivity contribution in [2.24, 2.45) is 5.92 Å². The molecule has 8 heteroatoms. The first kappa shape index (κ1) is 26.0. The molecule has 1 unspecified atom stereocenters. The summed E-state index contributed by atoms with van der Waals surface area (Å²) in [5, 5.41) is 10.7. The number of nitrogens with zero attached hydrogens (tertiary/aromatic N) is 1. The van der Waals surface area contributed by atoms with Gasteiger partial charge in [0.1, 0.15) is 30.3 Å². The zero-order chi connectivity index (χ0) is 24.7. The third kappa shape index (κ3) is 6.30. The predicted octanol–water partition coefficient (Wildman–Crippen LogP) is 3.55. The Balaban J connectivity index is 1.47. The molecule has 1 aromatic rings. The average Bonchev–Trinajstić information content (AvgIpc) is 3.22. The van der Waals surface area contributed by atoms with Gasteiger partial charge in [-0.05, 0) is 45.1 Å². The Bertz CT molecular complexity index is 918. The van der Waals surface area contributed by atoms with Gasteiger partial charge in [-0.15, -0.1) is 0 Å². The molecule has 8 nitrogen and oxygen atoms in total. The van der Waals surface area contributed by atoms with Crippen molar-refractivity contribution in [1.82, 2.24) is 4.90 Å². The normalized spacial score (nSPS) is 17.3. The number of hydrogen-bond acceptors (Lipinski definition) is 8. The van der Waals surface area contributed by atoms with Gasteiger partial charge < -0.3 is 24.1 Å². The fourth-order valence-electron chi connectivity index (χ4n) is 4.45. The summed E-state index contributed by atoms with van der Waals surface area (Å²) in [5.74, 6) is -0.257. The van der Waals surface area contributed by atoms with Crippen LogP contribution in [-0.2, 0) is 32.0 Å². The highest BCUT2D eigenvalue weighted by Crippen LogP contribution is 2.42. The molecule has 1 atom stereocenters. The number of carbonyl (C=O) groups excluding carboxylic acids is 2. The molecule has 1 fully saturated rings. The van der Waals surface area contributed by atoms with E-state index in [-0.39, 0.29) is 29.8 Å². The van der Waals surface area contributed by atoms with Crippen molar-refractivity contribution in [3.05, 3.63) is 33.9 Å². The molecule has 34 heavy (non-hydrogen) atoms. The van der Waals surface area contributed by atoms with E-state index in [0.717, 1.165) is 63.2 Å². The SMILES string of the molecule is COc1c(C)c2c(c(O)c1C/C=C(\C)CCCC(C)C(=O)OCCN1CCOCC1)C(=O)OC2. The van der Waals surface area contributed by atoms with Gasteiger partial charge in [-0.25, -0.2) is 4.79 Å². The Labute approximate surface area is 201 Å². The number of fused-ring (bicyclic) bond motifs is 1. The van der Waals surface area contributed by atoms with Gasteiger partial charge in [-0.2, -0.15) is 0 Å². The summed E-state index contributed by atoms with van der Waals surface area (Å²) in [6.45, 7) is 10.4. The summed E-state index contributed by atoms with van der Waals surface area (Å²) in [6, 6.07) is 0. The van der Waals surface area contributed by atoms with Crippen LogP contribution in [0.5, 0.6) is 11.5 Å². The van der Waals surface area contributed by atoms with Crippen molar-refractivity contribution >= 4 is 11.9 Å². The molecular formula is C26H37NO7. The third-order valence-electron chi connectivity index (χ3n) is 6.67. The standard InChI is InChI=1S/C26H37NO7/c1-17(6-5-7-18(2)25(29)33-15-12-27-10-13-32-14-11-27)8-9-20-23(28)22-21(16-34-26(22)30)19(3)24(20)31-4/h8,18,28H,5-7,9-16H2,1-4H3/b17-8+. The van der Waals surface area contributed by atoms with Crippen LogP contribution >= 0.6 is 0 Å². The first-order valence-electron chi connectivity index (χ1n) is 12.0. The molecule has 1 aromatic carbocycles. The van der Waals surface area contributed by atoms with Gasteiger partial charge in [0.05, 0.1) is 26.2 Å². The van der Waals surface area contributed by atoms with Crippen molar-refractivity contribution in [3.8, 4) is 11.5 Å². The summed E-state index contributed by atoms with van der Waals surface area (Å²) in [5.41, 5.74) is 3.50. The lowest BCUT2D eigenvalue weighted by atomic mass is 9.94. The molecule has 0 amide bonds. The van der Waals surface area contributed by atoms with Gasteiger partial charge in [0, 0.05) is 30.8 Å². The molecule has 1 N–H and O–H groups in total. The van der Waals surface area contributed by atoms with Crippen LogP contribution in [0.15, 0.2) is 11.6 Å². The second kappa shape index (κ2) is 12.2. The fourth-order valence-corrected chi connectivity index (χ4v) is 4.45. The largest absolute Gasteiger partial charge is 0.507 e. The number of aromatic hydroxyl groups is 1. The van der Waals surface area contributed by atoms with Gasteiger partial charge in [-0.3, -0.25) is 9.69 Å². The smallest absolute Gasteiger partial charge is 0.342 e. The first-order valence-corrected chi connectivity index (χ1v) is 12.0. The number of benzene rings is 1. The van der Waals surface area contributed by atoms with Crippen molar-refractivity contribution < 1.29 is 33.6 Å². The van der Waals surface area contributed by atoms with Crippen LogP contribution in [0.1, 0.15) is 60.2 Å². The number of phenols is 1. The first-order chi connectivity index (χ1) is 16.3. The number of phenolic OH excluding ortho intramolecular Hbond substituents is 1. The molecule has 1 saturated heterocycles. The van der Waals surface area contributed by atoms with Gasteiger partial charge in [-0.1, -0.05) is 18.6 Å². The van der Waals surface area contributed by atoms with E-state index in [2.05, 4.69) is 4.90 Å². The highest BCUT2D eigenvalue weighted by atomic mass is 16.5. The zero-order valence-corrected chi connectivity index (χ0v) is 20.8. The minimum absolute atomic E-state index is 0.0579. The van der Waals surface area contributed by atoms with Gasteiger partial charge in [0.25, 0.3) is 0 Å². The third-order valence-corrected chi connectivity index (χ3v) is 6.67. The van der Waals surface area contributed by atoms with E-state index in [1.807, 2.05) is 26.8 Å². The maximum Gasteiger partial charge on any atom is 0.342 e. The summed E-state index contributed by atoms with van der Waals surface area (Å²) in [7, 11) is 1.56. The van der Waals surface area contributed by atoms with E-state index in [1.165, 1.54) is 0 Å². The molecular weight excluding hydrogens is 438 g/mol. The molecule has 2 aliphatic heterocycles. The topological polar surface area (TPSA) is 94.5 Å². The molecule has 0 radical (unpaired) electrons. The number of allylic oxidation sites excluding steroid dienone is 2. The molecule has 0 aromatic heterocycles. The second-order valence-corrected chi connectivity index (χ2v) is 9.08. The van der Waals surface area contributed by atoms with Crippen molar-refractivity contribution in [2.45, 2.75) is 53.1 Å². The molecule has 2 aliphatic rings. The van der Waals surface area contributed by atoms with E-state index in [1.54, 1.807) is 7.11 Å². The van der Waals surface area contributed by atoms with Crippen LogP contribution in [0.2, 0.25) is 0 Å². The van der Waals surface area contributed by atoms with E-state index in [4.69, 9.17) is 18.9 Å². The monoisotopic (exact) mass is 475 g/mol. The lowest BCUT2D eigenvalue weighted by molar-refractivity contribution is -0.148. The quantitative estimate of drug-likeness (QED) is 0.384. The summed E-state index contributed by atoms with van der Waals surface area (Å²) >= 11 is 0. The van der Waals surface area contributed by atoms with Gasteiger partial charge in [0.2, 0.25) is 0 Å². The Hall–Kier alpha value is -2.58. The molecule has 0 aliphatic carbocycles. The van der Waals surface area contributed by atoms with Gasteiger partial charge >= 0.3 is 11.9 Å². The Morgan fingerprint density at radius 3 is 2.74 bits per heavy atom. The summed E-state index contributed by atoms with van der Waals surface area (Å²) < 4.78 is 21.4. The van der Waals surface area contributed by atoms with E-state index in [9.17, 15) is 14.7 Å². The second-order valence-electron chi connectivity index (χ2n) is 9.08. The molecule has 0 bridgehead atoms. The van der Waals surface area contributed by atoms with Gasteiger partial charge in [0.15, 0.2) is 0 Å². The van der Waals surface area contributed by atoms with Crippen molar-refractivity contribution in [3.63, 3.8) is 0 Å². The molecule has 3 rings (SSSR count). The van der Waals surface area contributed by atoms with Crippen LogP contribution < -0.4 is 4.74 Å². The van der Waals surface area contributed by atoms with Crippen LogP contribution in [-0.4, -0.2) is 68.5 Å². The number of morpholine rings is 1. The minimum Gasteiger partial charge on any atom is -0.507 e. The maximum absolute atomic E-state index is 12.3. The van der Waals surface area contributed by atoms with E-state index in [0.29, 0.717) is 29.9 Å². The van der Waals surface area contributed by atoms with Crippen molar-refractivity contribution in [1.29, 1.82) is 0 Å². The predicted molar refractivity (Wildman–Crippen MR) is 127 cm³/mol. The number of esters is 2. The molecule has 0 spiro atoms. The number of ether oxygens (including phenoxy) is 4. The molecule has 188 valence electrons.